The van der Waals surface area contributed by atoms with E-state index >= 15 is 0 Å². The Morgan fingerprint density at radius 3 is 2.57 bits per heavy atom. The number of benzene rings is 1. The van der Waals surface area contributed by atoms with E-state index in [1.165, 1.54) is 0 Å². The van der Waals surface area contributed by atoms with Gasteiger partial charge < -0.3 is 24.1 Å². The molecule has 1 aliphatic heterocycles. The lowest BCUT2D eigenvalue weighted by Gasteiger charge is -2.37. The first kappa shape index (κ1) is 15.8. The molecule has 21 heavy (non-hydrogen) atoms. The number of hydrogen-bond donors (Lipinski definition) is 1. The molecule has 5 nitrogen and oxygen atoms in total. The fourth-order valence-electron chi connectivity index (χ4n) is 2.41. The van der Waals surface area contributed by atoms with Crippen LogP contribution in [-0.4, -0.2) is 44.4 Å². The predicted octanol–water partition coefficient (Wildman–Crippen LogP) is 1.92. The molecule has 1 aromatic rings. The van der Waals surface area contributed by atoms with Crippen LogP contribution in [0.3, 0.4) is 0 Å². The van der Waals surface area contributed by atoms with Crippen LogP contribution in [0.5, 0.6) is 11.5 Å². The standard InChI is InChI=1S/C16H22O5/c1-11-16(17,8-7-15(20-4)21-11)10-12-9-13(18-2)5-6-14(12)19-3/h5-9,11,15,17H,10H2,1-4H3/t11-,15+,16-/m0/s1. The van der Waals surface area contributed by atoms with Gasteiger partial charge in [0, 0.05) is 19.1 Å². The van der Waals surface area contributed by atoms with Crippen molar-refractivity contribution in [3.05, 3.63) is 35.9 Å². The average molecular weight is 294 g/mol. The summed E-state index contributed by atoms with van der Waals surface area (Å²) in [6.07, 6.45) is 2.98. The topological polar surface area (TPSA) is 57.2 Å². The smallest absolute Gasteiger partial charge is 0.177 e. The summed E-state index contributed by atoms with van der Waals surface area (Å²) >= 11 is 0. The third-order valence-corrected chi connectivity index (χ3v) is 3.78. The predicted molar refractivity (Wildman–Crippen MR) is 78.7 cm³/mol. The molecular weight excluding hydrogens is 272 g/mol. The maximum Gasteiger partial charge on any atom is 0.177 e. The minimum Gasteiger partial charge on any atom is -0.497 e. The molecule has 0 aromatic heterocycles. The molecule has 3 atom stereocenters. The van der Waals surface area contributed by atoms with Crippen molar-refractivity contribution in [2.24, 2.45) is 0 Å². The number of ether oxygens (including phenoxy) is 4. The zero-order chi connectivity index (χ0) is 15.5. The van der Waals surface area contributed by atoms with Crippen LogP contribution < -0.4 is 9.47 Å². The van der Waals surface area contributed by atoms with Crippen LogP contribution in [0.15, 0.2) is 30.4 Å². The van der Waals surface area contributed by atoms with Gasteiger partial charge in [-0.05, 0) is 37.3 Å². The Labute approximate surface area is 125 Å². The van der Waals surface area contributed by atoms with Gasteiger partial charge in [-0.3, -0.25) is 0 Å². The lowest BCUT2D eigenvalue weighted by molar-refractivity contribution is -0.179. The van der Waals surface area contributed by atoms with Crippen LogP contribution in [0, 0.1) is 0 Å². The highest BCUT2D eigenvalue weighted by molar-refractivity contribution is 5.42. The number of rotatable bonds is 5. The molecule has 1 aromatic carbocycles. The zero-order valence-corrected chi connectivity index (χ0v) is 12.8. The Kier molecular flexibility index (Phi) is 4.88. The van der Waals surface area contributed by atoms with Crippen molar-refractivity contribution in [2.45, 2.75) is 31.3 Å². The molecule has 1 aliphatic rings. The van der Waals surface area contributed by atoms with Gasteiger partial charge in [0.05, 0.1) is 20.3 Å². The van der Waals surface area contributed by atoms with E-state index in [1.54, 1.807) is 33.5 Å². The van der Waals surface area contributed by atoms with Crippen LogP contribution in [0.2, 0.25) is 0 Å². The summed E-state index contributed by atoms with van der Waals surface area (Å²) in [4.78, 5) is 0. The van der Waals surface area contributed by atoms with Gasteiger partial charge >= 0.3 is 0 Å². The lowest BCUT2D eigenvalue weighted by atomic mass is 9.87. The largest absolute Gasteiger partial charge is 0.497 e. The Hall–Kier alpha value is -1.56. The minimum atomic E-state index is -1.12. The van der Waals surface area contributed by atoms with E-state index in [0.717, 1.165) is 11.3 Å². The molecule has 0 saturated carbocycles. The Morgan fingerprint density at radius 1 is 1.24 bits per heavy atom. The van der Waals surface area contributed by atoms with Crippen molar-refractivity contribution in [1.29, 1.82) is 0 Å². The normalized spacial score (nSPS) is 28.4. The molecule has 0 radical (unpaired) electrons. The van der Waals surface area contributed by atoms with Gasteiger partial charge in [-0.25, -0.2) is 0 Å². The molecule has 0 amide bonds. The maximum atomic E-state index is 10.8. The lowest BCUT2D eigenvalue weighted by Crippen LogP contribution is -2.47. The van der Waals surface area contributed by atoms with Crippen LogP contribution in [-0.2, 0) is 15.9 Å². The van der Waals surface area contributed by atoms with Gasteiger partial charge in [0.15, 0.2) is 6.29 Å². The van der Waals surface area contributed by atoms with E-state index in [2.05, 4.69) is 0 Å². The molecule has 0 aliphatic carbocycles. The molecule has 0 bridgehead atoms. The van der Waals surface area contributed by atoms with Crippen molar-refractivity contribution < 1.29 is 24.1 Å². The van der Waals surface area contributed by atoms with E-state index in [4.69, 9.17) is 18.9 Å². The Morgan fingerprint density at radius 2 is 2.00 bits per heavy atom. The van der Waals surface area contributed by atoms with Crippen LogP contribution >= 0.6 is 0 Å². The van der Waals surface area contributed by atoms with Crippen molar-refractivity contribution in [3.63, 3.8) is 0 Å². The summed E-state index contributed by atoms with van der Waals surface area (Å²) in [6, 6.07) is 5.51. The second-order valence-electron chi connectivity index (χ2n) is 5.09. The molecule has 0 fully saturated rings. The first-order valence-corrected chi connectivity index (χ1v) is 6.83. The van der Waals surface area contributed by atoms with E-state index < -0.39 is 18.0 Å². The molecular formula is C16H22O5. The second kappa shape index (κ2) is 6.47. The fraction of sp³-hybridized carbons (Fsp3) is 0.500. The summed E-state index contributed by atoms with van der Waals surface area (Å²) < 4.78 is 21.3. The molecule has 1 heterocycles. The van der Waals surface area contributed by atoms with Crippen LogP contribution in [0.25, 0.3) is 0 Å². The van der Waals surface area contributed by atoms with Gasteiger partial charge in [0.2, 0.25) is 0 Å². The molecule has 116 valence electrons. The molecule has 0 unspecified atom stereocenters. The number of aliphatic hydroxyl groups is 1. The summed E-state index contributed by atoms with van der Waals surface area (Å²) in [5.74, 6) is 1.43. The highest BCUT2D eigenvalue weighted by Crippen LogP contribution is 2.32. The molecule has 0 saturated heterocycles. The van der Waals surface area contributed by atoms with Crippen molar-refractivity contribution in [2.75, 3.05) is 21.3 Å². The van der Waals surface area contributed by atoms with Gasteiger partial charge in [-0.1, -0.05) is 0 Å². The van der Waals surface area contributed by atoms with Crippen LogP contribution in [0.4, 0.5) is 0 Å². The molecule has 2 rings (SSSR count). The number of hydrogen-bond acceptors (Lipinski definition) is 5. The van der Waals surface area contributed by atoms with Crippen LogP contribution in [0.1, 0.15) is 12.5 Å². The van der Waals surface area contributed by atoms with E-state index in [1.807, 2.05) is 25.1 Å². The fourth-order valence-corrected chi connectivity index (χ4v) is 2.41. The summed E-state index contributed by atoms with van der Waals surface area (Å²) in [6.45, 7) is 1.82. The van der Waals surface area contributed by atoms with Gasteiger partial charge in [0.1, 0.15) is 17.1 Å². The SMILES string of the molecule is COc1ccc(OC)c(C[C@@]2(O)C=C[C@H](OC)O[C@H]2C)c1. The van der Waals surface area contributed by atoms with Gasteiger partial charge in [-0.15, -0.1) is 0 Å². The van der Waals surface area contributed by atoms with Crippen molar-refractivity contribution in [3.8, 4) is 11.5 Å². The second-order valence-corrected chi connectivity index (χ2v) is 5.09. The van der Waals surface area contributed by atoms with E-state index in [9.17, 15) is 5.11 Å². The quantitative estimate of drug-likeness (QED) is 0.841. The van der Waals surface area contributed by atoms with E-state index in [-0.39, 0.29) is 0 Å². The van der Waals surface area contributed by atoms with E-state index in [0.29, 0.717) is 12.2 Å². The first-order valence-electron chi connectivity index (χ1n) is 6.83. The van der Waals surface area contributed by atoms with Crippen molar-refractivity contribution in [1.82, 2.24) is 0 Å². The summed E-state index contributed by atoms with van der Waals surface area (Å²) in [5.41, 5.74) is -0.260. The third-order valence-electron chi connectivity index (χ3n) is 3.78. The summed E-state index contributed by atoms with van der Waals surface area (Å²) in [7, 11) is 4.78. The minimum absolute atomic E-state index is 0.363. The van der Waals surface area contributed by atoms with Gasteiger partial charge in [0.25, 0.3) is 0 Å². The van der Waals surface area contributed by atoms with Gasteiger partial charge in [-0.2, -0.15) is 0 Å². The Balaban J connectivity index is 2.28. The highest BCUT2D eigenvalue weighted by atomic mass is 16.7. The highest BCUT2D eigenvalue weighted by Gasteiger charge is 2.37. The Bertz CT molecular complexity index is 513. The molecule has 1 N–H and O–H groups in total. The monoisotopic (exact) mass is 294 g/mol. The van der Waals surface area contributed by atoms with Crippen molar-refractivity contribution >= 4 is 0 Å². The maximum absolute atomic E-state index is 10.8. The number of methoxy groups -OCH3 is 3. The molecule has 5 heteroatoms. The molecule has 0 spiro atoms. The zero-order valence-electron chi connectivity index (χ0n) is 12.8. The summed E-state index contributed by atoms with van der Waals surface area (Å²) in [5, 5.41) is 10.8. The third kappa shape index (κ3) is 3.37. The average Bonchev–Trinajstić information content (AvgIpc) is 2.50. The first-order chi connectivity index (χ1) is 10.0.